The van der Waals surface area contributed by atoms with Crippen LogP contribution in [-0.2, 0) is 0 Å². The van der Waals surface area contributed by atoms with E-state index in [2.05, 4.69) is 25.2 Å². The lowest BCUT2D eigenvalue weighted by molar-refractivity contribution is 0.163. The van der Waals surface area contributed by atoms with Gasteiger partial charge in [-0.25, -0.2) is 0 Å². The third-order valence-corrected chi connectivity index (χ3v) is 4.59. The molecule has 17 heavy (non-hydrogen) atoms. The molecular formula is C14H19Cl2N. The number of hydrogen-bond acceptors (Lipinski definition) is 1. The molecular weight excluding hydrogens is 253 g/mol. The first-order valence-corrected chi connectivity index (χ1v) is 7.11. The van der Waals surface area contributed by atoms with Crippen molar-refractivity contribution < 1.29 is 0 Å². The van der Waals surface area contributed by atoms with Crippen LogP contribution in [0, 0.1) is 5.92 Å². The van der Waals surface area contributed by atoms with Crippen molar-refractivity contribution in [2.45, 2.75) is 38.6 Å². The second-order valence-electron chi connectivity index (χ2n) is 4.75. The van der Waals surface area contributed by atoms with Gasteiger partial charge in [0.25, 0.3) is 0 Å². The molecule has 1 nitrogen and oxygen atoms in total. The fourth-order valence-electron chi connectivity index (χ4n) is 2.90. The van der Waals surface area contributed by atoms with Crippen molar-refractivity contribution in [1.82, 2.24) is 5.32 Å². The summed E-state index contributed by atoms with van der Waals surface area (Å²) in [6.45, 7) is 5.48. The van der Waals surface area contributed by atoms with Crippen LogP contribution in [0.1, 0.15) is 38.2 Å². The number of nitrogens with one attached hydrogen (secondary N) is 1. The van der Waals surface area contributed by atoms with E-state index in [1.165, 1.54) is 18.4 Å². The second-order valence-corrected chi connectivity index (χ2v) is 5.57. The van der Waals surface area contributed by atoms with Crippen LogP contribution >= 0.6 is 23.2 Å². The average molecular weight is 272 g/mol. The lowest BCUT2D eigenvalue weighted by atomic mass is 9.65. The van der Waals surface area contributed by atoms with Gasteiger partial charge in [-0.2, -0.15) is 0 Å². The summed E-state index contributed by atoms with van der Waals surface area (Å²) in [5, 5.41) is 4.87. The van der Waals surface area contributed by atoms with Crippen molar-refractivity contribution in [2.24, 2.45) is 5.92 Å². The molecule has 0 heterocycles. The minimum Gasteiger partial charge on any atom is -0.314 e. The van der Waals surface area contributed by atoms with Gasteiger partial charge in [0.1, 0.15) is 0 Å². The number of rotatable bonds is 4. The topological polar surface area (TPSA) is 12.0 Å². The smallest absolute Gasteiger partial charge is 0.0595 e. The predicted molar refractivity (Wildman–Crippen MR) is 75.1 cm³/mol. The summed E-state index contributed by atoms with van der Waals surface area (Å²) in [6.07, 6.45) is 2.42. The van der Waals surface area contributed by atoms with Gasteiger partial charge in [0, 0.05) is 6.04 Å². The molecule has 0 saturated heterocycles. The van der Waals surface area contributed by atoms with Crippen LogP contribution in [0.2, 0.25) is 10.0 Å². The Morgan fingerprint density at radius 1 is 1.24 bits per heavy atom. The van der Waals surface area contributed by atoms with Gasteiger partial charge in [-0.1, -0.05) is 49.5 Å². The highest BCUT2D eigenvalue weighted by Crippen LogP contribution is 2.45. The number of hydrogen-bond donors (Lipinski definition) is 1. The quantitative estimate of drug-likeness (QED) is 0.851. The molecule has 3 heteroatoms. The average Bonchev–Trinajstić information content (AvgIpc) is 2.28. The molecule has 1 N–H and O–H groups in total. The first-order valence-electron chi connectivity index (χ1n) is 6.35. The zero-order valence-corrected chi connectivity index (χ0v) is 11.9. The lowest BCUT2D eigenvalue weighted by Crippen LogP contribution is -2.48. The predicted octanol–water partition coefficient (Wildman–Crippen LogP) is 4.49. The molecule has 0 spiro atoms. The van der Waals surface area contributed by atoms with Crippen molar-refractivity contribution >= 4 is 23.2 Å². The molecule has 0 amide bonds. The molecule has 1 aromatic carbocycles. The zero-order valence-electron chi connectivity index (χ0n) is 10.3. The van der Waals surface area contributed by atoms with Crippen molar-refractivity contribution in [3.63, 3.8) is 0 Å². The number of benzene rings is 1. The van der Waals surface area contributed by atoms with Crippen LogP contribution < -0.4 is 5.32 Å². The van der Waals surface area contributed by atoms with Gasteiger partial charge >= 0.3 is 0 Å². The van der Waals surface area contributed by atoms with Crippen LogP contribution in [0.4, 0.5) is 0 Å². The van der Waals surface area contributed by atoms with E-state index in [4.69, 9.17) is 23.2 Å². The molecule has 1 aliphatic carbocycles. The normalized spacial score (nSPS) is 27.9. The van der Waals surface area contributed by atoms with E-state index in [0.29, 0.717) is 22.0 Å². The van der Waals surface area contributed by atoms with Crippen molar-refractivity contribution in [1.29, 1.82) is 0 Å². The van der Waals surface area contributed by atoms with Crippen molar-refractivity contribution in [2.75, 3.05) is 6.54 Å². The molecule has 0 bridgehead atoms. The highest BCUT2D eigenvalue weighted by atomic mass is 35.5. The van der Waals surface area contributed by atoms with Gasteiger partial charge in [0.2, 0.25) is 0 Å². The molecule has 3 atom stereocenters. The lowest BCUT2D eigenvalue weighted by Gasteiger charge is -2.45. The molecule has 0 aliphatic heterocycles. The highest BCUT2D eigenvalue weighted by Gasteiger charge is 2.39. The van der Waals surface area contributed by atoms with Crippen LogP contribution in [0.5, 0.6) is 0 Å². The highest BCUT2D eigenvalue weighted by molar-refractivity contribution is 6.42. The first-order chi connectivity index (χ1) is 8.17. The maximum Gasteiger partial charge on any atom is 0.0595 e. The Hall–Kier alpha value is -0.240. The fraction of sp³-hybridized carbons (Fsp3) is 0.571. The fourth-order valence-corrected chi connectivity index (χ4v) is 3.21. The Balaban J connectivity index is 2.10. The molecule has 3 unspecified atom stereocenters. The monoisotopic (exact) mass is 271 g/mol. The van der Waals surface area contributed by atoms with Crippen LogP contribution in [0.3, 0.4) is 0 Å². The third kappa shape index (κ3) is 2.62. The summed E-state index contributed by atoms with van der Waals surface area (Å²) in [4.78, 5) is 0. The van der Waals surface area contributed by atoms with Crippen molar-refractivity contribution in [3.8, 4) is 0 Å². The number of halogens is 2. The Labute approximate surface area is 114 Å². The summed E-state index contributed by atoms with van der Waals surface area (Å²) in [7, 11) is 0. The molecule has 1 fully saturated rings. The minimum atomic E-state index is 0.638. The minimum absolute atomic E-state index is 0.638. The van der Waals surface area contributed by atoms with Crippen LogP contribution in [0.15, 0.2) is 18.2 Å². The molecule has 1 aromatic rings. The van der Waals surface area contributed by atoms with E-state index in [1.807, 2.05) is 12.1 Å². The third-order valence-electron chi connectivity index (χ3n) is 3.85. The van der Waals surface area contributed by atoms with Gasteiger partial charge in [-0.3, -0.25) is 0 Å². The summed E-state index contributed by atoms with van der Waals surface area (Å²) < 4.78 is 0. The molecule has 1 aliphatic rings. The SMILES string of the molecule is CCNC1CC(c2ccc(Cl)c(Cl)c2)C1CC. The summed E-state index contributed by atoms with van der Waals surface area (Å²) >= 11 is 12.0. The van der Waals surface area contributed by atoms with Crippen molar-refractivity contribution in [3.05, 3.63) is 33.8 Å². The first kappa shape index (κ1) is 13.2. The maximum absolute atomic E-state index is 6.08. The van der Waals surface area contributed by atoms with Gasteiger partial charge in [-0.05, 0) is 42.5 Å². The van der Waals surface area contributed by atoms with E-state index < -0.39 is 0 Å². The Morgan fingerprint density at radius 2 is 2.00 bits per heavy atom. The Morgan fingerprint density at radius 3 is 2.59 bits per heavy atom. The van der Waals surface area contributed by atoms with Crippen LogP contribution in [-0.4, -0.2) is 12.6 Å². The summed E-state index contributed by atoms with van der Waals surface area (Å²) in [5.74, 6) is 1.37. The zero-order chi connectivity index (χ0) is 12.4. The molecule has 94 valence electrons. The molecule has 0 radical (unpaired) electrons. The van der Waals surface area contributed by atoms with Gasteiger partial charge in [-0.15, -0.1) is 0 Å². The Bertz CT molecular complexity index is 392. The van der Waals surface area contributed by atoms with E-state index in [9.17, 15) is 0 Å². The van der Waals surface area contributed by atoms with Gasteiger partial charge in [0.15, 0.2) is 0 Å². The Kier molecular flexibility index (Phi) is 4.35. The summed E-state index contributed by atoms with van der Waals surface area (Å²) in [6, 6.07) is 6.72. The van der Waals surface area contributed by atoms with Gasteiger partial charge < -0.3 is 5.32 Å². The largest absolute Gasteiger partial charge is 0.314 e. The molecule has 2 rings (SSSR count). The molecule has 1 saturated carbocycles. The van der Waals surface area contributed by atoms with Crippen LogP contribution in [0.25, 0.3) is 0 Å². The molecule has 0 aromatic heterocycles. The second kappa shape index (κ2) is 5.60. The maximum atomic E-state index is 6.08. The van der Waals surface area contributed by atoms with Gasteiger partial charge in [0.05, 0.1) is 10.0 Å². The van der Waals surface area contributed by atoms with E-state index >= 15 is 0 Å². The summed E-state index contributed by atoms with van der Waals surface area (Å²) in [5.41, 5.74) is 1.33. The van der Waals surface area contributed by atoms with E-state index in [1.54, 1.807) is 0 Å². The van der Waals surface area contributed by atoms with E-state index in [0.717, 1.165) is 12.5 Å². The van der Waals surface area contributed by atoms with E-state index in [-0.39, 0.29) is 0 Å². The standard InChI is InChI=1S/C14H19Cl2N/c1-3-10-11(8-14(10)17-4-2)9-5-6-12(15)13(16)7-9/h5-7,10-11,14,17H,3-4,8H2,1-2H3.